The van der Waals surface area contributed by atoms with Gasteiger partial charge in [-0.1, -0.05) is 35.9 Å². The number of rotatable bonds is 6. The second-order valence-electron chi connectivity index (χ2n) is 11.7. The van der Waals surface area contributed by atoms with Crippen LogP contribution in [0.2, 0.25) is 5.02 Å². The Morgan fingerprint density at radius 1 is 0.896 bits per heavy atom. The fourth-order valence-electron chi connectivity index (χ4n) is 5.98. The highest BCUT2D eigenvalue weighted by atomic mass is 35.5. The molecule has 6 rings (SSSR count). The molecule has 3 amide bonds. The summed E-state index contributed by atoms with van der Waals surface area (Å²) in [5.41, 5.74) is 1.70. The number of hydrogen-bond acceptors (Lipinski definition) is 7. The lowest BCUT2D eigenvalue weighted by Gasteiger charge is -2.32. The fraction of sp³-hybridized carbons (Fsp3) is 0.265. The first-order valence-corrected chi connectivity index (χ1v) is 15.4. The van der Waals surface area contributed by atoms with E-state index in [0.29, 0.717) is 53.7 Å². The highest BCUT2D eigenvalue weighted by Gasteiger charge is 2.55. The molecule has 3 aliphatic rings. The van der Waals surface area contributed by atoms with Gasteiger partial charge >= 0.3 is 18.1 Å². The Kier molecular flexibility index (Phi) is 8.84. The van der Waals surface area contributed by atoms with Gasteiger partial charge in [0.2, 0.25) is 0 Å². The van der Waals surface area contributed by atoms with Gasteiger partial charge in [0.1, 0.15) is 12.4 Å². The molecule has 0 N–H and O–H groups in total. The SMILES string of the molecule is CN1CCN=C1c1ccc2c(c1)CN(C(=O)c1ccc(Cl)cc1)CC(=O)[N+]2(Cc1ccc(C(=O)N2CC=CC2)cc1)OC(=O)C(F)(F)F. The van der Waals surface area contributed by atoms with Gasteiger partial charge in [0.15, 0.2) is 12.2 Å². The Balaban J connectivity index is 1.46. The number of carbonyl (C=O) groups excluding carboxylic acids is 4. The number of likely N-dealkylation sites (N-methyl/N-ethyl adjacent to an activating group) is 1. The van der Waals surface area contributed by atoms with Crippen LogP contribution < -0.4 is 4.65 Å². The maximum Gasteiger partial charge on any atom is 0.497 e. The lowest BCUT2D eigenvalue weighted by molar-refractivity contribution is -0.235. The van der Waals surface area contributed by atoms with E-state index < -0.39 is 41.7 Å². The Morgan fingerprint density at radius 2 is 1.52 bits per heavy atom. The summed E-state index contributed by atoms with van der Waals surface area (Å²) in [4.78, 5) is 68.0. The Morgan fingerprint density at radius 3 is 2.12 bits per heavy atom. The smallest absolute Gasteiger partial charge is 0.358 e. The van der Waals surface area contributed by atoms with Crippen LogP contribution in [0.1, 0.15) is 37.4 Å². The van der Waals surface area contributed by atoms with Gasteiger partial charge in [0, 0.05) is 65.6 Å². The molecule has 0 saturated carbocycles. The first kappa shape index (κ1) is 32.9. The predicted octanol–water partition coefficient (Wildman–Crippen LogP) is 4.75. The lowest BCUT2D eigenvalue weighted by Crippen LogP contribution is -2.58. The standard InChI is InChI=1S/C34H30ClF3N5O5/c1-40-17-14-39-30(40)25-10-13-28-26(18-25)19-42(32(46)24-8-11-27(35)12-9-24)20-29(44)43(28,48-33(47)34(36,37)38)21-22-4-6-23(7-5-22)31(45)41-15-2-3-16-41/h2-13,18H,14-17,19-21H2,1H3/q+1. The van der Waals surface area contributed by atoms with Crippen molar-refractivity contribution in [3.63, 3.8) is 0 Å². The number of amides is 3. The Hall–Kier alpha value is -5.01. The number of hydrogen-bond donors (Lipinski definition) is 0. The molecule has 14 heteroatoms. The fourth-order valence-corrected chi connectivity index (χ4v) is 6.10. The molecule has 0 bridgehead atoms. The minimum atomic E-state index is -5.43. The molecular formula is C34H30ClF3N5O5+. The molecule has 1 unspecified atom stereocenters. The summed E-state index contributed by atoms with van der Waals surface area (Å²) in [6.45, 7) is 0.685. The van der Waals surface area contributed by atoms with E-state index >= 15 is 0 Å². The second-order valence-corrected chi connectivity index (χ2v) is 12.1. The summed E-state index contributed by atoms with van der Waals surface area (Å²) >= 11 is 6.01. The molecule has 3 aliphatic heterocycles. The van der Waals surface area contributed by atoms with E-state index in [2.05, 4.69) is 4.99 Å². The molecule has 48 heavy (non-hydrogen) atoms. The average molecular weight is 681 g/mol. The van der Waals surface area contributed by atoms with Gasteiger partial charge in [-0.2, -0.15) is 13.2 Å². The number of carbonyl (C=O) groups is 4. The summed E-state index contributed by atoms with van der Waals surface area (Å²) in [5.74, 6) is -3.74. The van der Waals surface area contributed by atoms with Crippen LogP contribution in [0.25, 0.3) is 0 Å². The minimum absolute atomic E-state index is 0.0442. The van der Waals surface area contributed by atoms with Crippen LogP contribution in [0, 0.1) is 0 Å². The number of quaternary nitrogens is 1. The van der Waals surface area contributed by atoms with Gasteiger partial charge in [-0.05, 0) is 53.2 Å². The molecule has 3 aromatic carbocycles. The van der Waals surface area contributed by atoms with Gasteiger partial charge in [0.25, 0.3) is 11.8 Å². The van der Waals surface area contributed by atoms with Crippen molar-refractivity contribution < 1.29 is 37.2 Å². The molecule has 1 atom stereocenters. The minimum Gasteiger partial charge on any atom is -0.358 e. The molecular weight excluding hydrogens is 651 g/mol. The molecule has 3 heterocycles. The van der Waals surface area contributed by atoms with Crippen LogP contribution in [0.5, 0.6) is 0 Å². The molecule has 0 aromatic heterocycles. The number of aliphatic imine (C=N–C) groups is 1. The number of hydroxylamine groups is 2. The van der Waals surface area contributed by atoms with Gasteiger partial charge in [-0.15, -0.1) is 0 Å². The first-order valence-electron chi connectivity index (χ1n) is 15.1. The summed E-state index contributed by atoms with van der Waals surface area (Å²) in [6.07, 6.45) is -1.71. The average Bonchev–Trinajstić information content (AvgIpc) is 3.74. The topological polar surface area (TPSA) is 99.6 Å². The molecule has 3 aromatic rings. The molecule has 0 spiro atoms. The van der Waals surface area contributed by atoms with E-state index in [1.54, 1.807) is 17.0 Å². The van der Waals surface area contributed by atoms with Crippen molar-refractivity contribution in [2.24, 2.45) is 4.99 Å². The monoisotopic (exact) mass is 680 g/mol. The van der Waals surface area contributed by atoms with Gasteiger partial charge in [-0.25, -0.2) is 9.59 Å². The van der Waals surface area contributed by atoms with E-state index in [-0.39, 0.29) is 29.3 Å². The van der Waals surface area contributed by atoms with Crippen LogP contribution in [-0.2, 0) is 27.5 Å². The number of fused-ring (bicyclic) bond motifs is 1. The van der Waals surface area contributed by atoms with Crippen molar-refractivity contribution in [1.82, 2.24) is 19.3 Å². The van der Waals surface area contributed by atoms with Gasteiger partial charge < -0.3 is 14.7 Å². The number of amidine groups is 1. The van der Waals surface area contributed by atoms with E-state index in [1.807, 2.05) is 24.1 Å². The molecule has 0 aliphatic carbocycles. The Bertz CT molecular complexity index is 1840. The molecule has 0 radical (unpaired) electrons. The predicted molar refractivity (Wildman–Crippen MR) is 171 cm³/mol. The number of benzene rings is 3. The zero-order valence-electron chi connectivity index (χ0n) is 25.7. The molecule has 0 fully saturated rings. The van der Waals surface area contributed by atoms with Crippen molar-refractivity contribution in [1.29, 1.82) is 0 Å². The number of nitrogens with zero attached hydrogens (tertiary/aromatic N) is 5. The van der Waals surface area contributed by atoms with E-state index in [9.17, 15) is 32.3 Å². The molecule has 0 saturated heterocycles. The maximum atomic E-state index is 14.3. The van der Waals surface area contributed by atoms with Crippen molar-refractivity contribution in [3.8, 4) is 0 Å². The largest absolute Gasteiger partial charge is 0.497 e. The van der Waals surface area contributed by atoms with Crippen LogP contribution >= 0.6 is 11.6 Å². The van der Waals surface area contributed by atoms with Crippen molar-refractivity contribution in [2.45, 2.75) is 19.3 Å². The van der Waals surface area contributed by atoms with Crippen LogP contribution in [0.3, 0.4) is 0 Å². The highest BCUT2D eigenvalue weighted by Crippen LogP contribution is 2.38. The van der Waals surface area contributed by atoms with Crippen molar-refractivity contribution in [2.75, 3.05) is 39.8 Å². The van der Waals surface area contributed by atoms with Crippen LogP contribution in [0.15, 0.2) is 83.9 Å². The van der Waals surface area contributed by atoms with E-state index in [4.69, 9.17) is 16.4 Å². The zero-order chi connectivity index (χ0) is 34.2. The summed E-state index contributed by atoms with van der Waals surface area (Å²) < 4.78 is 40.0. The van der Waals surface area contributed by atoms with E-state index in [1.165, 1.54) is 59.5 Å². The van der Waals surface area contributed by atoms with Crippen molar-refractivity contribution >= 4 is 46.8 Å². The summed E-state index contributed by atoms with van der Waals surface area (Å²) in [7, 11) is 1.84. The summed E-state index contributed by atoms with van der Waals surface area (Å²) in [6, 6.07) is 16.7. The lowest BCUT2D eigenvalue weighted by atomic mass is 10.0. The normalized spacial score (nSPS) is 19.2. The highest BCUT2D eigenvalue weighted by molar-refractivity contribution is 6.30. The maximum absolute atomic E-state index is 14.3. The first-order chi connectivity index (χ1) is 22.9. The van der Waals surface area contributed by atoms with Crippen LogP contribution in [-0.4, -0.2) is 90.2 Å². The quantitative estimate of drug-likeness (QED) is 0.275. The second kappa shape index (κ2) is 12.9. The number of alkyl halides is 3. The Labute approximate surface area is 278 Å². The van der Waals surface area contributed by atoms with E-state index in [0.717, 1.165) is 0 Å². The molecule has 10 nitrogen and oxygen atoms in total. The summed E-state index contributed by atoms with van der Waals surface area (Å²) in [5, 5.41) is 0.384. The number of halogens is 4. The molecule has 248 valence electrons. The van der Waals surface area contributed by atoms with Crippen molar-refractivity contribution in [3.05, 3.63) is 112 Å². The van der Waals surface area contributed by atoms with Gasteiger partial charge in [-0.3, -0.25) is 19.4 Å². The third-order valence-electron chi connectivity index (χ3n) is 8.44. The zero-order valence-corrected chi connectivity index (χ0v) is 26.5. The third-order valence-corrected chi connectivity index (χ3v) is 8.69. The third kappa shape index (κ3) is 6.43. The van der Waals surface area contributed by atoms with Gasteiger partial charge in [0.05, 0.1) is 13.1 Å². The van der Waals surface area contributed by atoms with Crippen LogP contribution in [0.4, 0.5) is 18.9 Å².